The molecule has 242 valence electrons. The van der Waals surface area contributed by atoms with Crippen LogP contribution in [0.5, 0.6) is 0 Å². The van der Waals surface area contributed by atoms with Crippen molar-refractivity contribution in [2.24, 2.45) is 0 Å². The molecule has 0 aliphatic carbocycles. The van der Waals surface area contributed by atoms with Gasteiger partial charge in [0, 0.05) is 33.0 Å². The molecule has 10 rings (SSSR count). The van der Waals surface area contributed by atoms with E-state index in [1.807, 2.05) is 12.1 Å². The van der Waals surface area contributed by atoms with E-state index in [-0.39, 0.29) is 0 Å². The maximum atomic E-state index is 5.40. The molecule has 3 heterocycles. The summed E-state index contributed by atoms with van der Waals surface area (Å²) in [4.78, 5) is 15.6. The topological polar surface area (TPSA) is 38.7 Å². The maximum absolute atomic E-state index is 5.40. The first kappa shape index (κ1) is 29.9. The van der Waals surface area contributed by atoms with Crippen molar-refractivity contribution in [2.75, 3.05) is 0 Å². The Hall–Kier alpha value is -6.97. The fraction of sp³-hybridized carbons (Fsp3) is 0. The molecule has 0 radical (unpaired) electrons. The third-order valence-corrected chi connectivity index (χ3v) is 9.97. The molecule has 7 aromatic carbocycles. The van der Waals surface area contributed by atoms with E-state index in [2.05, 4.69) is 176 Å². The molecule has 0 saturated heterocycles. The van der Waals surface area contributed by atoms with Crippen LogP contribution in [0.15, 0.2) is 188 Å². The molecule has 0 fully saturated rings. The number of pyridine rings is 3. The van der Waals surface area contributed by atoms with Gasteiger partial charge in [0.2, 0.25) is 0 Å². The standard InChI is InChI=1S/C49H31N3/c1-3-13-36-25-38(19-17-32(36)9-1)40-30-48(39-20-18-33-10-2-4-14-37(33)26-39)52-49(31-40)43-28-41(46-23-21-34-11-5-7-15-44(34)50-46)27-42(29-43)47-24-22-35-12-6-8-16-45(35)51-47/h1-31H. The molecule has 0 atom stereocenters. The minimum absolute atomic E-state index is 0.887. The summed E-state index contributed by atoms with van der Waals surface area (Å²) in [5.41, 5.74) is 11.9. The van der Waals surface area contributed by atoms with Crippen LogP contribution in [0.3, 0.4) is 0 Å². The molecule has 52 heavy (non-hydrogen) atoms. The lowest BCUT2D eigenvalue weighted by molar-refractivity contribution is 1.32. The van der Waals surface area contributed by atoms with Crippen molar-refractivity contribution in [3.05, 3.63) is 188 Å². The SMILES string of the molecule is c1ccc2cc(-c3cc(-c4cc(-c5ccc6ccccc6n5)cc(-c5ccc6ccccc6n5)c4)nc(-c4ccc5ccccc5c4)c3)ccc2c1. The van der Waals surface area contributed by atoms with E-state index in [9.17, 15) is 0 Å². The van der Waals surface area contributed by atoms with E-state index < -0.39 is 0 Å². The van der Waals surface area contributed by atoms with Crippen molar-refractivity contribution in [1.29, 1.82) is 0 Å². The Balaban J connectivity index is 1.21. The molecule has 0 N–H and O–H groups in total. The Morgan fingerprint density at radius 1 is 0.212 bits per heavy atom. The summed E-state index contributed by atoms with van der Waals surface area (Å²) in [6.45, 7) is 0. The van der Waals surface area contributed by atoms with Crippen LogP contribution >= 0.6 is 0 Å². The lowest BCUT2D eigenvalue weighted by atomic mass is 9.95. The molecule has 3 nitrogen and oxygen atoms in total. The molecule has 0 amide bonds. The highest BCUT2D eigenvalue weighted by atomic mass is 14.7. The number of para-hydroxylation sites is 2. The van der Waals surface area contributed by atoms with Crippen molar-refractivity contribution < 1.29 is 0 Å². The number of fused-ring (bicyclic) bond motifs is 4. The molecule has 10 aromatic rings. The number of rotatable bonds is 5. The number of nitrogens with zero attached hydrogens (tertiary/aromatic N) is 3. The van der Waals surface area contributed by atoms with Crippen molar-refractivity contribution in [3.63, 3.8) is 0 Å². The van der Waals surface area contributed by atoms with E-state index >= 15 is 0 Å². The van der Waals surface area contributed by atoms with Crippen LogP contribution in [0.25, 0.3) is 99.5 Å². The van der Waals surface area contributed by atoms with E-state index in [1.54, 1.807) is 0 Å². The number of hydrogen-bond acceptors (Lipinski definition) is 3. The zero-order valence-electron chi connectivity index (χ0n) is 28.2. The number of hydrogen-bond donors (Lipinski definition) is 0. The Morgan fingerprint density at radius 3 is 1.17 bits per heavy atom. The summed E-state index contributed by atoms with van der Waals surface area (Å²) in [5.74, 6) is 0. The van der Waals surface area contributed by atoms with Gasteiger partial charge in [0.25, 0.3) is 0 Å². The minimum Gasteiger partial charge on any atom is -0.248 e. The van der Waals surface area contributed by atoms with Crippen molar-refractivity contribution in [2.45, 2.75) is 0 Å². The van der Waals surface area contributed by atoms with Crippen LogP contribution < -0.4 is 0 Å². The van der Waals surface area contributed by atoms with Gasteiger partial charge in [0.15, 0.2) is 0 Å². The quantitative estimate of drug-likeness (QED) is 0.184. The van der Waals surface area contributed by atoms with E-state index in [4.69, 9.17) is 15.0 Å². The van der Waals surface area contributed by atoms with E-state index in [1.165, 1.54) is 21.5 Å². The summed E-state index contributed by atoms with van der Waals surface area (Å²) in [6.07, 6.45) is 0. The molecule has 0 saturated carbocycles. The minimum atomic E-state index is 0.887. The molecule has 3 heteroatoms. The number of aromatic nitrogens is 3. The van der Waals surface area contributed by atoms with Gasteiger partial charge >= 0.3 is 0 Å². The lowest BCUT2D eigenvalue weighted by Gasteiger charge is -2.14. The summed E-state index contributed by atoms with van der Waals surface area (Å²) >= 11 is 0. The van der Waals surface area contributed by atoms with Crippen LogP contribution in [0, 0.1) is 0 Å². The second-order valence-corrected chi connectivity index (χ2v) is 13.3. The van der Waals surface area contributed by atoms with Gasteiger partial charge in [-0.15, -0.1) is 0 Å². The first-order valence-corrected chi connectivity index (χ1v) is 17.6. The second-order valence-electron chi connectivity index (χ2n) is 13.3. The number of benzene rings is 7. The van der Waals surface area contributed by atoms with E-state index in [0.29, 0.717) is 0 Å². The van der Waals surface area contributed by atoms with Gasteiger partial charge < -0.3 is 0 Å². The van der Waals surface area contributed by atoms with Gasteiger partial charge in [0.05, 0.1) is 33.8 Å². The zero-order valence-corrected chi connectivity index (χ0v) is 28.2. The lowest BCUT2D eigenvalue weighted by Crippen LogP contribution is -1.94. The summed E-state index contributed by atoms with van der Waals surface area (Å²) < 4.78 is 0. The summed E-state index contributed by atoms with van der Waals surface area (Å²) in [6, 6.07) is 66.4. The second kappa shape index (κ2) is 12.4. The van der Waals surface area contributed by atoms with Gasteiger partial charge in [-0.3, -0.25) is 0 Å². The molecular formula is C49H31N3. The van der Waals surface area contributed by atoms with Gasteiger partial charge in [-0.05, 0) is 99.4 Å². The predicted molar refractivity (Wildman–Crippen MR) is 217 cm³/mol. The largest absolute Gasteiger partial charge is 0.248 e. The highest BCUT2D eigenvalue weighted by Crippen LogP contribution is 2.37. The molecule has 0 aliphatic rings. The van der Waals surface area contributed by atoms with Crippen LogP contribution in [0.4, 0.5) is 0 Å². The van der Waals surface area contributed by atoms with Gasteiger partial charge in [-0.25, -0.2) is 15.0 Å². The van der Waals surface area contributed by atoms with Crippen molar-refractivity contribution in [1.82, 2.24) is 15.0 Å². The molecule has 3 aromatic heterocycles. The Kier molecular flexibility index (Phi) is 7.14. The molecule has 0 aliphatic heterocycles. The molecular weight excluding hydrogens is 631 g/mol. The fourth-order valence-electron chi connectivity index (χ4n) is 7.24. The monoisotopic (exact) mass is 661 g/mol. The first-order chi connectivity index (χ1) is 25.7. The van der Waals surface area contributed by atoms with E-state index in [0.717, 1.165) is 78.0 Å². The molecule has 0 unspecified atom stereocenters. The van der Waals surface area contributed by atoms with Gasteiger partial charge in [0.1, 0.15) is 0 Å². The average molecular weight is 662 g/mol. The van der Waals surface area contributed by atoms with Crippen LogP contribution in [-0.4, -0.2) is 15.0 Å². The molecule has 0 spiro atoms. The highest BCUT2D eigenvalue weighted by Gasteiger charge is 2.15. The molecule has 0 bridgehead atoms. The Bertz CT molecular complexity index is 2580. The average Bonchev–Trinajstić information content (AvgIpc) is 3.22. The van der Waals surface area contributed by atoms with Crippen LogP contribution in [0.1, 0.15) is 0 Å². The summed E-state index contributed by atoms with van der Waals surface area (Å²) in [7, 11) is 0. The van der Waals surface area contributed by atoms with Crippen molar-refractivity contribution in [3.8, 4) is 56.2 Å². The maximum Gasteiger partial charge on any atom is 0.0716 e. The van der Waals surface area contributed by atoms with Crippen LogP contribution in [-0.2, 0) is 0 Å². The fourth-order valence-corrected chi connectivity index (χ4v) is 7.24. The Morgan fingerprint density at radius 2 is 0.615 bits per heavy atom. The van der Waals surface area contributed by atoms with Crippen LogP contribution in [0.2, 0.25) is 0 Å². The van der Waals surface area contributed by atoms with Crippen molar-refractivity contribution >= 4 is 43.4 Å². The third kappa shape index (κ3) is 5.55. The zero-order chi connectivity index (χ0) is 34.4. The predicted octanol–water partition coefficient (Wildman–Crippen LogP) is 12.8. The van der Waals surface area contributed by atoms with Gasteiger partial charge in [-0.1, -0.05) is 121 Å². The third-order valence-electron chi connectivity index (χ3n) is 9.97. The highest BCUT2D eigenvalue weighted by molar-refractivity contribution is 5.92. The normalized spacial score (nSPS) is 11.5. The summed E-state index contributed by atoms with van der Waals surface area (Å²) in [5, 5.41) is 7.05. The Labute approximate surface area is 301 Å². The first-order valence-electron chi connectivity index (χ1n) is 17.6. The smallest absolute Gasteiger partial charge is 0.0716 e. The van der Waals surface area contributed by atoms with Gasteiger partial charge in [-0.2, -0.15) is 0 Å².